The first kappa shape index (κ1) is 18.5. The van der Waals surface area contributed by atoms with Crippen LogP contribution in [0.2, 0.25) is 0 Å². The second-order valence-corrected chi connectivity index (χ2v) is 7.13. The normalized spacial score (nSPS) is 27.0. The fraction of sp³-hybridized carbons (Fsp3) is 0.636. The second-order valence-electron chi connectivity index (χ2n) is 4.76. The van der Waals surface area contributed by atoms with Gasteiger partial charge in [-0.2, -0.15) is 0 Å². The average Bonchev–Trinajstić information content (AvgIpc) is 2.85. The van der Waals surface area contributed by atoms with Gasteiger partial charge in [-0.25, -0.2) is 9.36 Å². The number of H-pyrrole nitrogens is 1. The molecule has 2 rings (SSSR count). The first-order valence-corrected chi connectivity index (χ1v) is 8.78. The SMILES string of the molecule is COCC1O[C@@H](n2cc(Br)c(=O)[nH]c2=O)C[C@H]1OP(=O)(O)OC. The predicted octanol–water partition coefficient (Wildman–Crippen LogP) is 0.365. The van der Waals surface area contributed by atoms with Crippen LogP contribution < -0.4 is 11.2 Å². The van der Waals surface area contributed by atoms with Gasteiger partial charge in [-0.15, -0.1) is 0 Å². The van der Waals surface area contributed by atoms with E-state index >= 15 is 0 Å². The van der Waals surface area contributed by atoms with Gasteiger partial charge in [0.2, 0.25) is 0 Å². The molecule has 0 radical (unpaired) electrons. The molecule has 2 N–H and O–H groups in total. The van der Waals surface area contributed by atoms with Crippen molar-refractivity contribution in [1.82, 2.24) is 9.55 Å². The number of aromatic nitrogens is 2. The Balaban J connectivity index is 2.26. The zero-order chi connectivity index (χ0) is 17.2. The van der Waals surface area contributed by atoms with E-state index in [1.54, 1.807) is 0 Å². The van der Waals surface area contributed by atoms with Crippen LogP contribution in [-0.2, 0) is 23.1 Å². The van der Waals surface area contributed by atoms with Crippen molar-refractivity contribution in [2.24, 2.45) is 0 Å². The van der Waals surface area contributed by atoms with Crippen LogP contribution in [0.4, 0.5) is 0 Å². The van der Waals surface area contributed by atoms with Crippen LogP contribution in [0.1, 0.15) is 12.6 Å². The number of halogens is 1. The third-order valence-electron chi connectivity index (χ3n) is 3.25. The van der Waals surface area contributed by atoms with Crippen LogP contribution in [0.25, 0.3) is 0 Å². The molecule has 4 atom stereocenters. The Labute approximate surface area is 139 Å². The quantitative estimate of drug-likeness (QED) is 0.638. The van der Waals surface area contributed by atoms with Gasteiger partial charge in [0.1, 0.15) is 18.4 Å². The molecule has 1 aromatic heterocycles. The molecular formula is C11H16BrN2O8P. The van der Waals surface area contributed by atoms with Gasteiger partial charge in [0.15, 0.2) is 0 Å². The molecule has 0 bridgehead atoms. The number of methoxy groups -OCH3 is 1. The summed E-state index contributed by atoms with van der Waals surface area (Å²) in [4.78, 5) is 34.9. The van der Waals surface area contributed by atoms with Gasteiger partial charge < -0.3 is 14.4 Å². The fourth-order valence-corrected chi connectivity index (χ4v) is 3.15. The topological polar surface area (TPSA) is 129 Å². The maximum absolute atomic E-state index is 11.9. The summed E-state index contributed by atoms with van der Waals surface area (Å²) in [5, 5.41) is 0. The molecule has 0 saturated carbocycles. The number of phosphoric acid groups is 1. The standard InChI is InChI=1S/C11H16BrN2O8P/c1-19-5-8-7(22-23(17,18)20-2)3-9(21-8)14-4-6(12)10(15)13-11(14)16/h4,7-9H,3,5H2,1-2H3,(H,17,18)(H,13,15,16)/t7-,8?,9-/m1/s1. The summed E-state index contributed by atoms with van der Waals surface area (Å²) in [5.74, 6) is 0. The smallest absolute Gasteiger partial charge is 0.382 e. The first-order chi connectivity index (χ1) is 10.8. The summed E-state index contributed by atoms with van der Waals surface area (Å²) in [6, 6.07) is 0. The van der Waals surface area contributed by atoms with Crippen molar-refractivity contribution in [3.63, 3.8) is 0 Å². The van der Waals surface area contributed by atoms with Gasteiger partial charge in [0.25, 0.3) is 5.56 Å². The van der Waals surface area contributed by atoms with Gasteiger partial charge in [-0.3, -0.25) is 23.4 Å². The Hall–Kier alpha value is -0.810. The van der Waals surface area contributed by atoms with Crippen molar-refractivity contribution in [3.8, 4) is 0 Å². The summed E-state index contributed by atoms with van der Waals surface area (Å²) in [6.07, 6.45) is -0.919. The van der Waals surface area contributed by atoms with Crippen molar-refractivity contribution >= 4 is 23.8 Å². The van der Waals surface area contributed by atoms with Crippen LogP contribution in [0.15, 0.2) is 20.3 Å². The van der Waals surface area contributed by atoms with E-state index in [1.165, 1.54) is 13.3 Å². The van der Waals surface area contributed by atoms with Crippen LogP contribution in [0.3, 0.4) is 0 Å². The maximum atomic E-state index is 11.9. The molecule has 1 aliphatic rings. The van der Waals surface area contributed by atoms with Gasteiger partial charge in [-0.1, -0.05) is 0 Å². The van der Waals surface area contributed by atoms with E-state index in [2.05, 4.69) is 25.4 Å². The van der Waals surface area contributed by atoms with Crippen LogP contribution in [0.5, 0.6) is 0 Å². The third kappa shape index (κ3) is 4.38. The van der Waals surface area contributed by atoms with E-state index < -0.39 is 37.5 Å². The van der Waals surface area contributed by atoms with Crippen molar-refractivity contribution in [2.75, 3.05) is 20.8 Å². The molecule has 0 spiro atoms. The van der Waals surface area contributed by atoms with Gasteiger partial charge >= 0.3 is 13.5 Å². The van der Waals surface area contributed by atoms with E-state index in [4.69, 9.17) is 14.0 Å². The molecule has 1 fully saturated rings. The highest BCUT2D eigenvalue weighted by molar-refractivity contribution is 9.10. The highest BCUT2D eigenvalue weighted by atomic mass is 79.9. The van der Waals surface area contributed by atoms with Crippen molar-refractivity contribution in [2.45, 2.75) is 24.9 Å². The lowest BCUT2D eigenvalue weighted by atomic mass is 10.2. The van der Waals surface area contributed by atoms with E-state index in [0.717, 1.165) is 11.7 Å². The molecule has 10 nitrogen and oxygen atoms in total. The Morgan fingerprint density at radius 2 is 2.22 bits per heavy atom. The molecule has 130 valence electrons. The molecule has 12 heteroatoms. The maximum Gasteiger partial charge on any atom is 0.472 e. The lowest BCUT2D eigenvalue weighted by Gasteiger charge is -2.19. The summed E-state index contributed by atoms with van der Waals surface area (Å²) in [6.45, 7) is 0.0875. The van der Waals surface area contributed by atoms with Crippen LogP contribution in [-0.4, -0.2) is 47.5 Å². The fourth-order valence-electron chi connectivity index (χ4n) is 2.19. The third-order valence-corrected chi connectivity index (χ3v) is 4.81. The number of nitrogens with one attached hydrogen (secondary N) is 1. The number of aromatic amines is 1. The lowest BCUT2D eigenvalue weighted by Crippen LogP contribution is -2.32. The Bertz CT molecular complexity index is 719. The molecule has 2 unspecified atom stereocenters. The van der Waals surface area contributed by atoms with Crippen molar-refractivity contribution in [3.05, 3.63) is 31.5 Å². The minimum atomic E-state index is -4.22. The van der Waals surface area contributed by atoms with Crippen molar-refractivity contribution < 1.29 is 28.0 Å². The zero-order valence-electron chi connectivity index (χ0n) is 12.3. The molecule has 2 heterocycles. The van der Waals surface area contributed by atoms with Crippen molar-refractivity contribution in [1.29, 1.82) is 0 Å². The van der Waals surface area contributed by atoms with Crippen LogP contribution in [0, 0.1) is 0 Å². The molecule has 0 amide bonds. The molecule has 23 heavy (non-hydrogen) atoms. The number of ether oxygens (including phenoxy) is 2. The molecule has 1 aromatic rings. The minimum absolute atomic E-state index is 0.0875. The highest BCUT2D eigenvalue weighted by Gasteiger charge is 2.41. The average molecular weight is 415 g/mol. The summed E-state index contributed by atoms with van der Waals surface area (Å²) >= 11 is 3.03. The first-order valence-electron chi connectivity index (χ1n) is 6.49. The number of rotatable bonds is 6. The monoisotopic (exact) mass is 414 g/mol. The predicted molar refractivity (Wildman–Crippen MR) is 81.1 cm³/mol. The van der Waals surface area contributed by atoms with Gasteiger partial charge in [-0.05, 0) is 15.9 Å². The number of hydrogen-bond donors (Lipinski definition) is 2. The summed E-state index contributed by atoms with van der Waals surface area (Å²) in [7, 11) is -1.74. The second kappa shape index (κ2) is 7.39. The summed E-state index contributed by atoms with van der Waals surface area (Å²) in [5.41, 5.74) is -1.23. The van der Waals surface area contributed by atoms with E-state index in [-0.39, 0.29) is 17.5 Å². The van der Waals surface area contributed by atoms with E-state index in [1.807, 2.05) is 0 Å². The van der Waals surface area contributed by atoms with Gasteiger partial charge in [0.05, 0.1) is 11.1 Å². The summed E-state index contributed by atoms with van der Waals surface area (Å²) < 4.78 is 33.0. The van der Waals surface area contributed by atoms with Gasteiger partial charge in [0, 0.05) is 26.8 Å². The molecule has 1 aliphatic heterocycles. The van der Waals surface area contributed by atoms with E-state index in [9.17, 15) is 19.0 Å². The Morgan fingerprint density at radius 3 is 2.83 bits per heavy atom. The zero-order valence-corrected chi connectivity index (χ0v) is 14.8. The number of phosphoric ester groups is 1. The molecule has 1 saturated heterocycles. The number of hydrogen-bond acceptors (Lipinski definition) is 7. The molecule has 0 aliphatic carbocycles. The lowest BCUT2D eigenvalue weighted by molar-refractivity contribution is -0.0545. The minimum Gasteiger partial charge on any atom is -0.382 e. The number of nitrogens with zero attached hydrogens (tertiary/aromatic N) is 1. The van der Waals surface area contributed by atoms with Crippen LogP contribution >= 0.6 is 23.8 Å². The highest BCUT2D eigenvalue weighted by Crippen LogP contribution is 2.47. The van der Waals surface area contributed by atoms with E-state index in [0.29, 0.717) is 0 Å². The Kier molecular flexibility index (Phi) is 5.95. The largest absolute Gasteiger partial charge is 0.472 e. The molecular weight excluding hydrogens is 399 g/mol. The Morgan fingerprint density at radius 1 is 1.52 bits per heavy atom. The molecule has 0 aromatic carbocycles.